The summed E-state index contributed by atoms with van der Waals surface area (Å²) in [6, 6.07) is 4.69. The maximum Gasteiger partial charge on any atom is 0.416 e. The van der Waals surface area contributed by atoms with Crippen LogP contribution in [0, 0.1) is 11.8 Å². The van der Waals surface area contributed by atoms with Crippen LogP contribution in [0.2, 0.25) is 0 Å². The third kappa shape index (κ3) is 3.46. The molecule has 0 spiro atoms. The lowest BCUT2D eigenvalue weighted by molar-refractivity contribution is -0.137. The van der Waals surface area contributed by atoms with E-state index in [1.165, 1.54) is 12.1 Å². The van der Waals surface area contributed by atoms with Crippen LogP contribution in [0.4, 0.5) is 13.2 Å². The zero-order chi connectivity index (χ0) is 13.2. The van der Waals surface area contributed by atoms with Crippen LogP contribution >= 0.6 is 0 Å². The van der Waals surface area contributed by atoms with E-state index in [0.29, 0.717) is 5.56 Å². The second kappa shape index (κ2) is 5.08. The fourth-order valence-electron chi connectivity index (χ4n) is 1.54. The van der Waals surface area contributed by atoms with E-state index in [1.807, 2.05) is 20.8 Å². The van der Waals surface area contributed by atoms with Gasteiger partial charge in [-0.15, -0.1) is 0 Å². The quantitative estimate of drug-likeness (QED) is 0.853. The minimum atomic E-state index is -4.33. The molecule has 2 atom stereocenters. The van der Waals surface area contributed by atoms with Gasteiger partial charge in [-0.05, 0) is 29.5 Å². The van der Waals surface area contributed by atoms with Gasteiger partial charge in [0.2, 0.25) is 0 Å². The van der Waals surface area contributed by atoms with Crippen LogP contribution in [-0.2, 0) is 6.18 Å². The van der Waals surface area contributed by atoms with Gasteiger partial charge in [-0.3, -0.25) is 0 Å². The van der Waals surface area contributed by atoms with E-state index in [1.54, 1.807) is 0 Å². The number of rotatable bonds is 3. The Balaban J connectivity index is 2.88. The minimum absolute atomic E-state index is 0.00624. The van der Waals surface area contributed by atoms with Gasteiger partial charge < -0.3 is 5.11 Å². The van der Waals surface area contributed by atoms with Crippen molar-refractivity contribution in [2.45, 2.75) is 33.1 Å². The van der Waals surface area contributed by atoms with E-state index >= 15 is 0 Å². The number of alkyl halides is 3. The molecule has 0 radical (unpaired) electrons. The zero-order valence-corrected chi connectivity index (χ0v) is 10.1. The van der Waals surface area contributed by atoms with Gasteiger partial charge in [0.05, 0.1) is 11.7 Å². The van der Waals surface area contributed by atoms with Crippen LogP contribution < -0.4 is 0 Å². The van der Waals surface area contributed by atoms with E-state index in [4.69, 9.17) is 0 Å². The molecule has 0 bridgehead atoms. The fraction of sp³-hybridized carbons (Fsp3) is 0.538. The Morgan fingerprint density at radius 1 is 1.00 bits per heavy atom. The molecule has 1 aromatic carbocycles. The number of hydrogen-bond donors (Lipinski definition) is 1. The monoisotopic (exact) mass is 246 g/mol. The van der Waals surface area contributed by atoms with Crippen molar-refractivity contribution in [1.82, 2.24) is 0 Å². The molecule has 0 heterocycles. The molecule has 0 aliphatic rings. The molecule has 0 aliphatic carbocycles. The summed E-state index contributed by atoms with van der Waals surface area (Å²) in [7, 11) is 0. The molecule has 0 fully saturated rings. The Kier molecular flexibility index (Phi) is 4.20. The lowest BCUT2D eigenvalue weighted by Gasteiger charge is -2.22. The van der Waals surface area contributed by atoms with Crippen LogP contribution in [0.15, 0.2) is 24.3 Å². The maximum atomic E-state index is 12.3. The van der Waals surface area contributed by atoms with Crippen LogP contribution in [0.25, 0.3) is 0 Å². The predicted octanol–water partition coefficient (Wildman–Crippen LogP) is 4.03. The zero-order valence-electron chi connectivity index (χ0n) is 10.1. The van der Waals surface area contributed by atoms with E-state index in [9.17, 15) is 18.3 Å². The van der Waals surface area contributed by atoms with Gasteiger partial charge in [0, 0.05) is 0 Å². The van der Waals surface area contributed by atoms with Crippen molar-refractivity contribution < 1.29 is 18.3 Å². The molecule has 2 unspecified atom stereocenters. The first-order valence-corrected chi connectivity index (χ1v) is 5.58. The average molecular weight is 246 g/mol. The highest BCUT2D eigenvalue weighted by molar-refractivity contribution is 5.26. The van der Waals surface area contributed by atoms with Crippen molar-refractivity contribution in [2.75, 3.05) is 0 Å². The molecule has 1 N–H and O–H groups in total. The van der Waals surface area contributed by atoms with Crippen LogP contribution in [0.3, 0.4) is 0 Å². The first kappa shape index (κ1) is 14.0. The number of hydrogen-bond acceptors (Lipinski definition) is 1. The van der Waals surface area contributed by atoms with Crippen molar-refractivity contribution >= 4 is 0 Å². The molecule has 17 heavy (non-hydrogen) atoms. The summed E-state index contributed by atoms with van der Waals surface area (Å²) in [4.78, 5) is 0. The third-order valence-electron chi connectivity index (χ3n) is 3.13. The van der Waals surface area contributed by atoms with Gasteiger partial charge >= 0.3 is 6.18 Å². The molecular formula is C13H17F3O. The summed E-state index contributed by atoms with van der Waals surface area (Å²) in [5, 5.41) is 9.97. The largest absolute Gasteiger partial charge is 0.416 e. The first-order chi connectivity index (χ1) is 7.73. The number of halogens is 3. The van der Waals surface area contributed by atoms with Crippen LogP contribution in [-0.4, -0.2) is 5.11 Å². The van der Waals surface area contributed by atoms with Crippen molar-refractivity contribution in [3.05, 3.63) is 35.4 Å². The maximum absolute atomic E-state index is 12.3. The standard InChI is InChI=1S/C13H17F3O/c1-8(2)9(3)12(17)10-4-6-11(7-5-10)13(14,15)16/h4-9,12,17H,1-3H3. The van der Waals surface area contributed by atoms with Crippen molar-refractivity contribution in [3.8, 4) is 0 Å². The first-order valence-electron chi connectivity index (χ1n) is 5.58. The highest BCUT2D eigenvalue weighted by Crippen LogP contribution is 2.32. The van der Waals surface area contributed by atoms with Gasteiger partial charge in [0.1, 0.15) is 0 Å². The van der Waals surface area contributed by atoms with E-state index in [0.717, 1.165) is 12.1 Å². The second-order valence-electron chi connectivity index (χ2n) is 4.67. The van der Waals surface area contributed by atoms with Gasteiger partial charge in [0.15, 0.2) is 0 Å². The lowest BCUT2D eigenvalue weighted by atomic mass is 9.88. The van der Waals surface area contributed by atoms with Crippen LogP contribution in [0.5, 0.6) is 0 Å². The Hall–Kier alpha value is -1.03. The molecule has 0 saturated carbocycles. The lowest BCUT2D eigenvalue weighted by Crippen LogP contribution is -2.15. The summed E-state index contributed by atoms with van der Waals surface area (Å²) in [5.74, 6) is 0.277. The molecule has 0 saturated heterocycles. The summed E-state index contributed by atoms with van der Waals surface area (Å²) in [6.07, 6.45) is -5.05. The molecule has 4 heteroatoms. The van der Waals surface area contributed by atoms with Gasteiger partial charge in [0.25, 0.3) is 0 Å². The molecule has 0 amide bonds. The number of benzene rings is 1. The van der Waals surface area contributed by atoms with E-state index in [-0.39, 0.29) is 11.8 Å². The third-order valence-corrected chi connectivity index (χ3v) is 3.13. The molecule has 96 valence electrons. The smallest absolute Gasteiger partial charge is 0.388 e. The fourth-order valence-corrected chi connectivity index (χ4v) is 1.54. The van der Waals surface area contributed by atoms with Gasteiger partial charge in [-0.25, -0.2) is 0 Å². The topological polar surface area (TPSA) is 20.2 Å². The summed E-state index contributed by atoms with van der Waals surface area (Å²) >= 11 is 0. The highest BCUT2D eigenvalue weighted by Gasteiger charge is 2.30. The molecule has 1 nitrogen and oxygen atoms in total. The Bertz CT molecular complexity index is 354. The summed E-state index contributed by atoms with van der Waals surface area (Å²) in [5.41, 5.74) is -0.162. The van der Waals surface area contributed by atoms with Crippen molar-refractivity contribution in [1.29, 1.82) is 0 Å². The Morgan fingerprint density at radius 2 is 1.47 bits per heavy atom. The van der Waals surface area contributed by atoms with Crippen molar-refractivity contribution in [3.63, 3.8) is 0 Å². The second-order valence-corrected chi connectivity index (χ2v) is 4.67. The molecule has 1 aromatic rings. The number of aliphatic hydroxyl groups excluding tert-OH is 1. The molecule has 0 aromatic heterocycles. The van der Waals surface area contributed by atoms with E-state index < -0.39 is 17.8 Å². The minimum Gasteiger partial charge on any atom is -0.388 e. The van der Waals surface area contributed by atoms with E-state index in [2.05, 4.69) is 0 Å². The summed E-state index contributed by atoms with van der Waals surface area (Å²) < 4.78 is 37.0. The highest BCUT2D eigenvalue weighted by atomic mass is 19.4. The van der Waals surface area contributed by atoms with Gasteiger partial charge in [-0.2, -0.15) is 13.2 Å². The Morgan fingerprint density at radius 3 is 1.82 bits per heavy atom. The van der Waals surface area contributed by atoms with Crippen molar-refractivity contribution in [2.24, 2.45) is 11.8 Å². The molecule has 0 aliphatic heterocycles. The predicted molar refractivity (Wildman–Crippen MR) is 60.4 cm³/mol. The normalized spacial score (nSPS) is 16.0. The molecular weight excluding hydrogens is 229 g/mol. The summed E-state index contributed by atoms with van der Waals surface area (Å²) in [6.45, 7) is 5.82. The molecule has 1 rings (SSSR count). The Labute approximate surface area is 99.3 Å². The van der Waals surface area contributed by atoms with Crippen LogP contribution in [0.1, 0.15) is 38.0 Å². The number of aliphatic hydroxyl groups is 1. The van der Waals surface area contributed by atoms with Gasteiger partial charge in [-0.1, -0.05) is 32.9 Å². The SMILES string of the molecule is CC(C)C(C)C(O)c1ccc(C(F)(F)F)cc1. The average Bonchev–Trinajstić information content (AvgIpc) is 2.26.